The molecule has 0 fully saturated rings. The van der Waals surface area contributed by atoms with E-state index in [1.54, 1.807) is 14.2 Å². The van der Waals surface area contributed by atoms with E-state index >= 15 is 0 Å². The normalized spacial score (nSPS) is 10.3. The molecule has 0 saturated carbocycles. The van der Waals surface area contributed by atoms with Crippen molar-refractivity contribution >= 4 is 15.9 Å². The van der Waals surface area contributed by atoms with E-state index in [-0.39, 0.29) is 0 Å². The van der Waals surface area contributed by atoms with Crippen LogP contribution in [0.25, 0.3) is 0 Å². The molecule has 2 rings (SSSR count). The van der Waals surface area contributed by atoms with Crippen molar-refractivity contribution in [2.75, 3.05) is 20.8 Å². The number of hydrogen-bond acceptors (Lipinski definition) is 4. The maximum absolute atomic E-state index is 6.03. The van der Waals surface area contributed by atoms with E-state index in [9.17, 15) is 0 Å². The second-order valence-electron chi connectivity index (χ2n) is 4.38. The minimum absolute atomic E-state index is 0.551. The summed E-state index contributed by atoms with van der Waals surface area (Å²) < 4.78 is 17.7. The summed E-state index contributed by atoms with van der Waals surface area (Å²) in [7, 11) is 3.20. The lowest BCUT2D eigenvalue weighted by molar-refractivity contribution is 0.345. The van der Waals surface area contributed by atoms with E-state index in [1.165, 1.54) is 0 Å². The Morgan fingerprint density at radius 2 is 1.67 bits per heavy atom. The van der Waals surface area contributed by atoms with Crippen LogP contribution in [0.5, 0.6) is 23.0 Å². The lowest BCUT2D eigenvalue weighted by Gasteiger charge is -2.16. The highest BCUT2D eigenvalue weighted by atomic mass is 79.9. The van der Waals surface area contributed by atoms with Crippen LogP contribution < -0.4 is 19.9 Å². The first-order valence-electron chi connectivity index (χ1n) is 6.57. The van der Waals surface area contributed by atoms with Crippen LogP contribution in [0.1, 0.15) is 5.56 Å². The average Bonchev–Trinajstić information content (AvgIpc) is 2.50. The average molecular weight is 352 g/mol. The molecule has 0 atom stereocenters. The van der Waals surface area contributed by atoms with Crippen molar-refractivity contribution in [3.05, 3.63) is 46.4 Å². The van der Waals surface area contributed by atoms with Gasteiger partial charge in [-0.25, -0.2) is 0 Å². The highest BCUT2D eigenvalue weighted by molar-refractivity contribution is 9.10. The monoisotopic (exact) mass is 351 g/mol. The molecular formula is C16H18BrNO3. The van der Waals surface area contributed by atoms with Crippen molar-refractivity contribution in [2.24, 2.45) is 5.73 Å². The van der Waals surface area contributed by atoms with Gasteiger partial charge in [0.25, 0.3) is 0 Å². The minimum Gasteiger partial charge on any atom is -0.493 e. The molecule has 21 heavy (non-hydrogen) atoms. The Hall–Kier alpha value is -1.72. The zero-order chi connectivity index (χ0) is 15.2. The third-order valence-electron chi connectivity index (χ3n) is 3.03. The summed E-state index contributed by atoms with van der Waals surface area (Å²) in [4.78, 5) is 0. The predicted molar refractivity (Wildman–Crippen MR) is 86.5 cm³/mol. The van der Waals surface area contributed by atoms with Crippen LogP contribution >= 0.6 is 15.9 Å². The van der Waals surface area contributed by atoms with Gasteiger partial charge in [0.05, 0.1) is 14.2 Å². The molecule has 0 spiro atoms. The van der Waals surface area contributed by atoms with Gasteiger partial charge in [-0.15, -0.1) is 0 Å². The molecule has 0 saturated heterocycles. The fourth-order valence-corrected chi connectivity index (χ4v) is 2.43. The van der Waals surface area contributed by atoms with Crippen LogP contribution in [0, 0.1) is 0 Å². The molecule has 0 bridgehead atoms. The maximum atomic E-state index is 6.03. The molecule has 0 heterocycles. The molecule has 2 aromatic carbocycles. The number of rotatable bonds is 6. The SMILES string of the molecule is COc1cccc(OC)c1Oc1ccc(Br)cc1CCN. The number of halogens is 1. The van der Waals surface area contributed by atoms with Crippen LogP contribution in [-0.4, -0.2) is 20.8 Å². The fourth-order valence-electron chi connectivity index (χ4n) is 2.03. The molecule has 4 nitrogen and oxygen atoms in total. The second-order valence-corrected chi connectivity index (χ2v) is 5.30. The molecule has 0 unspecified atom stereocenters. The number of ether oxygens (including phenoxy) is 3. The summed E-state index contributed by atoms with van der Waals surface area (Å²) >= 11 is 3.46. The van der Waals surface area contributed by atoms with Gasteiger partial charge in [-0.2, -0.15) is 0 Å². The summed E-state index contributed by atoms with van der Waals surface area (Å²) in [6.07, 6.45) is 0.728. The largest absolute Gasteiger partial charge is 0.493 e. The predicted octanol–water partition coefficient (Wildman–Crippen LogP) is 3.76. The van der Waals surface area contributed by atoms with Crippen molar-refractivity contribution in [2.45, 2.75) is 6.42 Å². The van der Waals surface area contributed by atoms with Gasteiger partial charge in [-0.05, 0) is 48.9 Å². The van der Waals surface area contributed by atoms with Crippen LogP contribution in [0.4, 0.5) is 0 Å². The van der Waals surface area contributed by atoms with Crippen LogP contribution in [0.2, 0.25) is 0 Å². The topological polar surface area (TPSA) is 53.7 Å². The van der Waals surface area contributed by atoms with Crippen molar-refractivity contribution in [1.82, 2.24) is 0 Å². The minimum atomic E-state index is 0.551. The lowest BCUT2D eigenvalue weighted by Crippen LogP contribution is -2.04. The molecule has 0 aliphatic rings. The van der Waals surface area contributed by atoms with Crippen LogP contribution in [0.3, 0.4) is 0 Å². The number of methoxy groups -OCH3 is 2. The van der Waals surface area contributed by atoms with Gasteiger partial charge < -0.3 is 19.9 Å². The van der Waals surface area contributed by atoms with Crippen molar-refractivity contribution < 1.29 is 14.2 Å². The molecule has 0 aromatic heterocycles. The lowest BCUT2D eigenvalue weighted by atomic mass is 10.1. The highest BCUT2D eigenvalue weighted by Gasteiger charge is 2.14. The van der Waals surface area contributed by atoms with Gasteiger partial charge in [0, 0.05) is 4.47 Å². The Balaban J connectivity index is 2.42. The quantitative estimate of drug-likeness (QED) is 0.860. The van der Waals surface area contributed by atoms with Gasteiger partial charge in [0.2, 0.25) is 5.75 Å². The van der Waals surface area contributed by atoms with Gasteiger partial charge in [0.1, 0.15) is 5.75 Å². The zero-order valence-electron chi connectivity index (χ0n) is 12.1. The Morgan fingerprint density at radius 3 is 2.24 bits per heavy atom. The standard InChI is InChI=1S/C16H18BrNO3/c1-19-14-4-3-5-15(20-2)16(14)21-13-7-6-12(17)10-11(13)8-9-18/h3-7,10H,8-9,18H2,1-2H3. The first kappa shape index (κ1) is 15.7. The van der Waals surface area contributed by atoms with E-state index in [2.05, 4.69) is 15.9 Å². The second kappa shape index (κ2) is 7.33. The molecule has 2 aromatic rings. The number of benzene rings is 2. The number of para-hydroxylation sites is 1. The Kier molecular flexibility index (Phi) is 5.47. The van der Waals surface area contributed by atoms with Crippen LogP contribution in [0.15, 0.2) is 40.9 Å². The summed E-state index contributed by atoms with van der Waals surface area (Å²) in [5, 5.41) is 0. The fraction of sp³-hybridized carbons (Fsp3) is 0.250. The number of hydrogen-bond donors (Lipinski definition) is 1. The van der Waals surface area contributed by atoms with Crippen LogP contribution in [-0.2, 0) is 6.42 Å². The van der Waals surface area contributed by atoms with E-state index in [0.717, 1.165) is 22.2 Å². The van der Waals surface area contributed by atoms with Gasteiger partial charge in [-0.3, -0.25) is 0 Å². The summed E-state index contributed by atoms with van der Waals surface area (Å²) in [5.74, 6) is 2.54. The first-order valence-corrected chi connectivity index (χ1v) is 7.36. The Morgan fingerprint density at radius 1 is 1.00 bits per heavy atom. The smallest absolute Gasteiger partial charge is 0.211 e. The summed E-state index contributed by atoms with van der Waals surface area (Å²) in [6.45, 7) is 0.551. The molecule has 0 radical (unpaired) electrons. The zero-order valence-corrected chi connectivity index (χ0v) is 13.6. The first-order chi connectivity index (χ1) is 10.2. The number of nitrogens with two attached hydrogens (primary N) is 1. The van der Waals surface area contributed by atoms with Crippen molar-refractivity contribution in [3.63, 3.8) is 0 Å². The Bertz CT molecular complexity index is 594. The van der Waals surface area contributed by atoms with Gasteiger partial charge in [0.15, 0.2) is 11.5 Å². The molecular weight excluding hydrogens is 334 g/mol. The van der Waals surface area contributed by atoms with E-state index in [0.29, 0.717) is 23.8 Å². The highest BCUT2D eigenvalue weighted by Crippen LogP contribution is 2.41. The maximum Gasteiger partial charge on any atom is 0.211 e. The third-order valence-corrected chi connectivity index (χ3v) is 3.52. The molecule has 0 amide bonds. The van der Waals surface area contributed by atoms with E-state index in [4.69, 9.17) is 19.9 Å². The van der Waals surface area contributed by atoms with E-state index < -0.39 is 0 Å². The van der Waals surface area contributed by atoms with Crippen molar-refractivity contribution in [1.29, 1.82) is 0 Å². The van der Waals surface area contributed by atoms with E-state index in [1.807, 2.05) is 36.4 Å². The summed E-state index contributed by atoms with van der Waals surface area (Å²) in [6, 6.07) is 11.4. The molecule has 0 aliphatic heterocycles. The van der Waals surface area contributed by atoms with Gasteiger partial charge in [-0.1, -0.05) is 22.0 Å². The molecule has 112 valence electrons. The molecule has 2 N–H and O–H groups in total. The van der Waals surface area contributed by atoms with Crippen molar-refractivity contribution in [3.8, 4) is 23.0 Å². The third kappa shape index (κ3) is 3.68. The summed E-state index contributed by atoms with van der Waals surface area (Å²) in [5.41, 5.74) is 6.69. The van der Waals surface area contributed by atoms with Gasteiger partial charge >= 0.3 is 0 Å². The molecule has 5 heteroatoms. The molecule has 0 aliphatic carbocycles. The Labute approximate surface area is 132 Å².